The number of aryl methyl sites for hydroxylation is 1. The first kappa shape index (κ1) is 22.6. The van der Waals surface area contributed by atoms with E-state index in [1.807, 2.05) is 0 Å². The minimum atomic E-state index is -4.61. The van der Waals surface area contributed by atoms with Gasteiger partial charge in [-0.1, -0.05) is 36.6 Å². The highest BCUT2D eigenvalue weighted by atomic mass is 19.4. The fraction of sp³-hybridized carbons (Fsp3) is 0.476. The number of rotatable bonds is 6. The van der Waals surface area contributed by atoms with Crippen LogP contribution in [0.2, 0.25) is 0 Å². The molecule has 0 radical (unpaired) electrons. The average Bonchev–Trinajstić information content (AvgIpc) is 3.12. The second-order valence-electron chi connectivity index (χ2n) is 7.73. The second kappa shape index (κ2) is 9.84. The van der Waals surface area contributed by atoms with Gasteiger partial charge in [0, 0.05) is 12.6 Å². The molecule has 0 bridgehead atoms. The number of nitrogens with one attached hydrogen (secondary N) is 2. The Balaban J connectivity index is 1.73. The highest BCUT2D eigenvalue weighted by Gasteiger charge is 2.34. The lowest BCUT2D eigenvalue weighted by Gasteiger charge is -2.29. The molecule has 168 valence electrons. The van der Waals surface area contributed by atoms with Gasteiger partial charge in [-0.05, 0) is 37.8 Å². The summed E-state index contributed by atoms with van der Waals surface area (Å²) < 4.78 is 44.7. The van der Waals surface area contributed by atoms with Gasteiger partial charge in [0.05, 0.1) is 11.3 Å². The number of carbonyl (C=O) groups excluding carboxylic acids is 2. The first-order chi connectivity index (χ1) is 14.7. The number of para-hydroxylation sites is 1. The maximum Gasteiger partial charge on any atom is 0.418 e. The van der Waals surface area contributed by atoms with E-state index in [4.69, 9.17) is 4.52 Å². The van der Waals surface area contributed by atoms with Gasteiger partial charge in [-0.15, -0.1) is 0 Å². The summed E-state index contributed by atoms with van der Waals surface area (Å²) in [4.78, 5) is 26.6. The van der Waals surface area contributed by atoms with Gasteiger partial charge >= 0.3 is 12.2 Å². The van der Waals surface area contributed by atoms with E-state index in [1.165, 1.54) is 29.2 Å². The molecule has 0 unspecified atom stereocenters. The molecule has 3 amide bonds. The van der Waals surface area contributed by atoms with E-state index in [9.17, 15) is 22.8 Å². The highest BCUT2D eigenvalue weighted by molar-refractivity contribution is 5.96. The first-order valence-corrected chi connectivity index (χ1v) is 10.2. The van der Waals surface area contributed by atoms with Crippen molar-refractivity contribution in [2.75, 3.05) is 23.7 Å². The summed E-state index contributed by atoms with van der Waals surface area (Å²) in [6, 6.07) is 5.54. The van der Waals surface area contributed by atoms with E-state index in [2.05, 4.69) is 15.8 Å². The summed E-state index contributed by atoms with van der Waals surface area (Å²) in [7, 11) is 0. The SMILES string of the molecule is Cc1cc(NC(=O)CN(CC2CCCCC2)C(=O)Nc2ccccc2C(F)(F)F)no1. The molecule has 1 aromatic heterocycles. The molecule has 1 heterocycles. The highest BCUT2D eigenvalue weighted by Crippen LogP contribution is 2.34. The average molecular weight is 438 g/mol. The predicted molar refractivity (Wildman–Crippen MR) is 108 cm³/mol. The van der Waals surface area contributed by atoms with Gasteiger partial charge in [0.1, 0.15) is 12.3 Å². The Labute approximate surface area is 178 Å². The number of hydrogen-bond acceptors (Lipinski definition) is 4. The van der Waals surface area contributed by atoms with Crippen molar-refractivity contribution in [1.82, 2.24) is 10.1 Å². The predicted octanol–water partition coefficient (Wildman–Crippen LogP) is 5.05. The maximum atomic E-state index is 13.3. The largest absolute Gasteiger partial charge is 0.418 e. The molecule has 2 N–H and O–H groups in total. The molecule has 1 fully saturated rings. The van der Waals surface area contributed by atoms with Crippen LogP contribution in [0, 0.1) is 12.8 Å². The van der Waals surface area contributed by atoms with Crippen molar-refractivity contribution in [2.45, 2.75) is 45.2 Å². The van der Waals surface area contributed by atoms with Crippen LogP contribution in [-0.2, 0) is 11.0 Å². The zero-order valence-electron chi connectivity index (χ0n) is 17.2. The molecule has 31 heavy (non-hydrogen) atoms. The van der Waals surface area contributed by atoms with E-state index in [0.29, 0.717) is 5.76 Å². The van der Waals surface area contributed by atoms with Crippen LogP contribution in [0.3, 0.4) is 0 Å². The van der Waals surface area contributed by atoms with Crippen LogP contribution in [0.25, 0.3) is 0 Å². The summed E-state index contributed by atoms with van der Waals surface area (Å²) in [6.45, 7) is 1.64. The number of benzene rings is 1. The van der Waals surface area contributed by atoms with Crippen LogP contribution in [0.15, 0.2) is 34.9 Å². The zero-order chi connectivity index (χ0) is 22.4. The summed E-state index contributed by atoms with van der Waals surface area (Å²) in [5.74, 6) is 0.404. The lowest BCUT2D eigenvalue weighted by Crippen LogP contribution is -2.43. The topological polar surface area (TPSA) is 87.5 Å². The number of carbonyl (C=O) groups is 2. The van der Waals surface area contributed by atoms with E-state index in [1.54, 1.807) is 6.92 Å². The number of hydrogen-bond donors (Lipinski definition) is 2. The van der Waals surface area contributed by atoms with Gasteiger partial charge < -0.3 is 20.1 Å². The third-order valence-corrected chi connectivity index (χ3v) is 5.19. The standard InChI is InChI=1S/C21H25F3N4O3/c1-14-11-18(27-31-14)26-19(29)13-28(12-15-7-3-2-4-8-15)20(30)25-17-10-6-5-9-16(17)21(22,23)24/h5-6,9-11,15H,2-4,7-8,12-13H2,1H3,(H,25,30)(H,26,27,29). The van der Waals surface area contributed by atoms with Gasteiger partial charge in [-0.2, -0.15) is 13.2 Å². The molecule has 1 aliphatic rings. The van der Waals surface area contributed by atoms with Crippen LogP contribution >= 0.6 is 0 Å². The molecule has 7 nitrogen and oxygen atoms in total. The Morgan fingerprint density at radius 3 is 2.52 bits per heavy atom. The Bertz CT molecular complexity index is 907. The van der Waals surface area contributed by atoms with Crippen LogP contribution in [-0.4, -0.2) is 35.1 Å². The Morgan fingerprint density at radius 2 is 1.87 bits per heavy atom. The number of aromatic nitrogens is 1. The third kappa shape index (κ3) is 6.47. The third-order valence-electron chi connectivity index (χ3n) is 5.19. The molecule has 3 rings (SSSR count). The fourth-order valence-electron chi connectivity index (χ4n) is 3.72. The van der Waals surface area contributed by atoms with E-state index >= 15 is 0 Å². The monoisotopic (exact) mass is 438 g/mol. The first-order valence-electron chi connectivity index (χ1n) is 10.2. The summed E-state index contributed by atoms with van der Waals surface area (Å²) >= 11 is 0. The minimum Gasteiger partial charge on any atom is -0.360 e. The number of amides is 3. The summed E-state index contributed by atoms with van der Waals surface area (Å²) in [5.41, 5.74) is -1.29. The molecule has 0 aliphatic heterocycles. The van der Waals surface area contributed by atoms with Crippen LogP contribution in [0.5, 0.6) is 0 Å². The van der Waals surface area contributed by atoms with E-state index < -0.39 is 23.7 Å². The van der Waals surface area contributed by atoms with Gasteiger partial charge in [0.25, 0.3) is 0 Å². The number of urea groups is 1. The normalized spacial score (nSPS) is 14.8. The quantitative estimate of drug-likeness (QED) is 0.660. The van der Waals surface area contributed by atoms with Gasteiger partial charge in [0.2, 0.25) is 5.91 Å². The lowest BCUT2D eigenvalue weighted by atomic mass is 9.89. The van der Waals surface area contributed by atoms with Gasteiger partial charge in [-0.25, -0.2) is 4.79 Å². The van der Waals surface area contributed by atoms with Crippen molar-refractivity contribution in [3.63, 3.8) is 0 Å². The van der Waals surface area contributed by atoms with Gasteiger partial charge in [-0.3, -0.25) is 4.79 Å². The summed E-state index contributed by atoms with van der Waals surface area (Å²) in [5, 5.41) is 8.55. The molecule has 10 heteroatoms. The van der Waals surface area contributed by atoms with Crippen molar-refractivity contribution < 1.29 is 27.3 Å². The minimum absolute atomic E-state index is 0.194. The number of nitrogens with zero attached hydrogens (tertiary/aromatic N) is 2. The lowest BCUT2D eigenvalue weighted by molar-refractivity contribution is -0.137. The van der Waals surface area contributed by atoms with E-state index in [-0.39, 0.29) is 30.5 Å². The zero-order valence-corrected chi connectivity index (χ0v) is 17.2. The Kier molecular flexibility index (Phi) is 7.19. The molecule has 2 aromatic rings. The van der Waals surface area contributed by atoms with Crippen molar-refractivity contribution >= 4 is 23.4 Å². The molecule has 1 aliphatic carbocycles. The Morgan fingerprint density at radius 1 is 1.16 bits per heavy atom. The fourth-order valence-corrected chi connectivity index (χ4v) is 3.72. The number of anilines is 2. The van der Waals surface area contributed by atoms with Crippen LogP contribution in [0.1, 0.15) is 43.4 Å². The second-order valence-corrected chi connectivity index (χ2v) is 7.73. The van der Waals surface area contributed by atoms with Crippen LogP contribution < -0.4 is 10.6 Å². The van der Waals surface area contributed by atoms with E-state index in [0.717, 1.165) is 38.2 Å². The molecule has 0 atom stereocenters. The molecule has 1 saturated carbocycles. The van der Waals surface area contributed by atoms with Crippen molar-refractivity contribution in [2.24, 2.45) is 5.92 Å². The maximum absolute atomic E-state index is 13.3. The molecule has 0 spiro atoms. The number of halogens is 3. The molecule has 1 aromatic carbocycles. The molecular weight excluding hydrogens is 413 g/mol. The van der Waals surface area contributed by atoms with Crippen molar-refractivity contribution in [3.05, 3.63) is 41.7 Å². The van der Waals surface area contributed by atoms with Crippen molar-refractivity contribution in [3.8, 4) is 0 Å². The number of alkyl halides is 3. The van der Waals surface area contributed by atoms with Crippen LogP contribution in [0.4, 0.5) is 29.5 Å². The molecule has 0 saturated heterocycles. The van der Waals surface area contributed by atoms with Crippen molar-refractivity contribution in [1.29, 1.82) is 0 Å². The summed E-state index contributed by atoms with van der Waals surface area (Å²) in [6.07, 6.45) is 0.386. The Hall–Kier alpha value is -3.04. The molecular formula is C21H25F3N4O3. The smallest absolute Gasteiger partial charge is 0.360 e. The van der Waals surface area contributed by atoms with Gasteiger partial charge in [0.15, 0.2) is 5.82 Å².